The molecule has 3 atom stereocenters. The van der Waals surface area contributed by atoms with E-state index in [1.165, 1.54) is 5.56 Å². The first-order valence-corrected chi connectivity index (χ1v) is 11.0. The van der Waals surface area contributed by atoms with Crippen molar-refractivity contribution in [1.82, 2.24) is 4.98 Å². The predicted molar refractivity (Wildman–Crippen MR) is 123 cm³/mol. The summed E-state index contributed by atoms with van der Waals surface area (Å²) in [6, 6.07) is 10.2. The molecule has 1 aromatic carbocycles. The van der Waals surface area contributed by atoms with Crippen LogP contribution in [0, 0.1) is 12.8 Å². The first kappa shape index (κ1) is 21.2. The van der Waals surface area contributed by atoms with Gasteiger partial charge in [-0.05, 0) is 50.5 Å². The van der Waals surface area contributed by atoms with Gasteiger partial charge in [0.2, 0.25) is 0 Å². The SMILES string of the molecule is COCC1(C)Oc2ccccc2C(c2cnc(C(I)C(C)C)c(C)c2)=NC1C. The fraction of sp³-hybridized carbons (Fsp3) is 0.478. The number of para-hydroxylation sites is 1. The summed E-state index contributed by atoms with van der Waals surface area (Å²) >= 11 is 2.49. The fourth-order valence-corrected chi connectivity index (χ4v) is 4.13. The van der Waals surface area contributed by atoms with E-state index >= 15 is 0 Å². The highest BCUT2D eigenvalue weighted by atomic mass is 127. The van der Waals surface area contributed by atoms with Crippen LogP contribution in [0.25, 0.3) is 0 Å². The van der Waals surface area contributed by atoms with Crippen molar-refractivity contribution in [3.05, 3.63) is 58.9 Å². The molecule has 0 radical (unpaired) electrons. The van der Waals surface area contributed by atoms with Crippen LogP contribution in [0.1, 0.15) is 54.0 Å². The van der Waals surface area contributed by atoms with Gasteiger partial charge in [0.1, 0.15) is 5.75 Å². The van der Waals surface area contributed by atoms with Gasteiger partial charge >= 0.3 is 0 Å². The molecule has 0 amide bonds. The molecule has 1 aliphatic rings. The zero-order valence-corrected chi connectivity index (χ0v) is 19.6. The van der Waals surface area contributed by atoms with Gasteiger partial charge < -0.3 is 9.47 Å². The number of pyridine rings is 1. The Kier molecular flexibility index (Phi) is 6.44. The quantitative estimate of drug-likeness (QED) is 0.407. The number of ether oxygens (including phenoxy) is 2. The molecule has 2 heterocycles. The van der Waals surface area contributed by atoms with Gasteiger partial charge in [0.05, 0.1) is 28.0 Å². The number of alkyl halides is 1. The molecule has 1 aromatic heterocycles. The van der Waals surface area contributed by atoms with Crippen LogP contribution in [-0.2, 0) is 4.74 Å². The lowest BCUT2D eigenvalue weighted by atomic mass is 9.97. The van der Waals surface area contributed by atoms with Crippen LogP contribution in [0.5, 0.6) is 5.75 Å². The molecule has 3 unspecified atom stereocenters. The lowest BCUT2D eigenvalue weighted by Crippen LogP contribution is -2.46. The highest BCUT2D eigenvalue weighted by molar-refractivity contribution is 14.1. The molecule has 150 valence electrons. The maximum Gasteiger partial charge on any atom is 0.151 e. The van der Waals surface area contributed by atoms with E-state index < -0.39 is 5.60 Å². The molecule has 0 fully saturated rings. The Bertz CT molecular complexity index is 881. The number of rotatable bonds is 5. The zero-order chi connectivity index (χ0) is 20.5. The molecule has 0 bridgehead atoms. The molecule has 2 aromatic rings. The van der Waals surface area contributed by atoms with Crippen molar-refractivity contribution in [2.75, 3.05) is 13.7 Å². The van der Waals surface area contributed by atoms with Gasteiger partial charge in [0.25, 0.3) is 0 Å². The van der Waals surface area contributed by atoms with E-state index in [1.54, 1.807) is 7.11 Å². The second-order valence-electron chi connectivity index (χ2n) is 8.07. The number of hydrogen-bond donors (Lipinski definition) is 0. The summed E-state index contributed by atoms with van der Waals surface area (Å²) in [4.78, 5) is 9.90. The van der Waals surface area contributed by atoms with Crippen LogP contribution in [-0.4, -0.2) is 36.1 Å². The van der Waals surface area contributed by atoms with Crippen molar-refractivity contribution in [2.24, 2.45) is 10.9 Å². The lowest BCUT2D eigenvalue weighted by Gasteiger charge is -2.32. The summed E-state index contributed by atoms with van der Waals surface area (Å²) in [5.41, 5.74) is 4.77. The second kappa shape index (κ2) is 8.49. The van der Waals surface area contributed by atoms with E-state index in [-0.39, 0.29) is 6.04 Å². The Hall–Kier alpha value is -1.47. The molecule has 0 N–H and O–H groups in total. The molecule has 1 aliphatic heterocycles. The fourth-order valence-electron chi connectivity index (χ4n) is 3.47. The third kappa shape index (κ3) is 4.10. The largest absolute Gasteiger partial charge is 0.482 e. The van der Waals surface area contributed by atoms with Crippen molar-refractivity contribution in [3.63, 3.8) is 0 Å². The molecule has 5 heteroatoms. The minimum absolute atomic E-state index is 0.0668. The van der Waals surface area contributed by atoms with E-state index in [9.17, 15) is 0 Å². The topological polar surface area (TPSA) is 43.7 Å². The van der Waals surface area contributed by atoms with Crippen LogP contribution in [0.15, 0.2) is 41.5 Å². The van der Waals surface area contributed by atoms with E-state index in [0.717, 1.165) is 28.3 Å². The number of methoxy groups -OCH3 is 1. The Balaban J connectivity index is 2.11. The summed E-state index contributed by atoms with van der Waals surface area (Å²) < 4.78 is 12.2. The number of benzene rings is 1. The summed E-state index contributed by atoms with van der Waals surface area (Å²) in [5, 5.41) is 0. The molecular formula is C23H29IN2O2. The van der Waals surface area contributed by atoms with Crippen LogP contribution in [0.2, 0.25) is 0 Å². The zero-order valence-electron chi connectivity index (χ0n) is 17.5. The summed E-state index contributed by atoms with van der Waals surface area (Å²) in [5.74, 6) is 1.37. The van der Waals surface area contributed by atoms with E-state index in [0.29, 0.717) is 16.4 Å². The molecule has 0 saturated heterocycles. The molecule has 0 spiro atoms. The Morgan fingerprint density at radius 2 is 2.00 bits per heavy atom. The molecule has 0 aliphatic carbocycles. The Morgan fingerprint density at radius 1 is 1.29 bits per heavy atom. The molecule has 3 rings (SSSR count). The second-order valence-corrected chi connectivity index (χ2v) is 9.41. The van der Waals surface area contributed by atoms with E-state index in [4.69, 9.17) is 19.5 Å². The van der Waals surface area contributed by atoms with Gasteiger partial charge in [-0.15, -0.1) is 0 Å². The third-order valence-corrected chi connectivity index (χ3v) is 7.39. The van der Waals surface area contributed by atoms with E-state index in [2.05, 4.69) is 69.3 Å². The minimum Gasteiger partial charge on any atom is -0.482 e. The number of hydrogen-bond acceptors (Lipinski definition) is 4. The van der Waals surface area contributed by atoms with Gasteiger partial charge in [-0.1, -0.05) is 48.6 Å². The van der Waals surface area contributed by atoms with Crippen LogP contribution < -0.4 is 4.74 Å². The monoisotopic (exact) mass is 492 g/mol. The molecular weight excluding hydrogens is 463 g/mol. The number of aromatic nitrogens is 1. The maximum absolute atomic E-state index is 6.41. The van der Waals surface area contributed by atoms with Gasteiger partial charge in [0, 0.05) is 24.4 Å². The van der Waals surface area contributed by atoms with Crippen molar-refractivity contribution < 1.29 is 9.47 Å². The number of halogens is 1. The number of fused-ring (bicyclic) bond motifs is 1. The van der Waals surface area contributed by atoms with Gasteiger partial charge in [0.15, 0.2) is 5.60 Å². The number of aryl methyl sites for hydroxylation is 1. The van der Waals surface area contributed by atoms with Crippen LogP contribution in [0.3, 0.4) is 0 Å². The Labute approximate surface area is 181 Å². The first-order valence-electron chi connectivity index (χ1n) is 9.73. The van der Waals surface area contributed by atoms with Crippen LogP contribution >= 0.6 is 22.6 Å². The van der Waals surface area contributed by atoms with Crippen molar-refractivity contribution in [3.8, 4) is 5.75 Å². The summed E-state index contributed by atoms with van der Waals surface area (Å²) in [7, 11) is 1.70. The number of aliphatic imine (C=N–C) groups is 1. The molecule has 4 nitrogen and oxygen atoms in total. The molecule has 0 saturated carbocycles. The average Bonchev–Trinajstić information content (AvgIpc) is 2.76. The van der Waals surface area contributed by atoms with Crippen molar-refractivity contribution in [1.29, 1.82) is 0 Å². The number of nitrogens with zero attached hydrogens (tertiary/aromatic N) is 2. The standard InChI is InChI=1S/C23H29IN2O2/c1-14(2)20(24)21-15(3)11-17(12-25-21)22-18-9-7-8-10-19(18)28-23(5,13-27-6)16(4)26-22/h7-12,14,16,20H,13H2,1-6H3. The normalized spacial score (nSPS) is 22.9. The van der Waals surface area contributed by atoms with Crippen molar-refractivity contribution >= 4 is 28.3 Å². The smallest absolute Gasteiger partial charge is 0.151 e. The van der Waals surface area contributed by atoms with Gasteiger partial charge in [-0.25, -0.2) is 0 Å². The van der Waals surface area contributed by atoms with Crippen molar-refractivity contribution in [2.45, 2.75) is 50.2 Å². The molecule has 28 heavy (non-hydrogen) atoms. The van der Waals surface area contributed by atoms with Gasteiger partial charge in [-0.2, -0.15) is 0 Å². The average molecular weight is 492 g/mol. The van der Waals surface area contributed by atoms with Gasteiger partial charge in [-0.3, -0.25) is 9.98 Å². The predicted octanol–water partition coefficient (Wildman–Crippen LogP) is 5.55. The first-order chi connectivity index (χ1) is 13.3. The minimum atomic E-state index is -0.528. The highest BCUT2D eigenvalue weighted by Crippen LogP contribution is 2.35. The lowest BCUT2D eigenvalue weighted by molar-refractivity contribution is -0.00874. The Morgan fingerprint density at radius 3 is 2.64 bits per heavy atom. The maximum atomic E-state index is 6.41. The third-order valence-electron chi connectivity index (χ3n) is 5.36. The summed E-state index contributed by atoms with van der Waals surface area (Å²) in [6.07, 6.45) is 1.96. The highest BCUT2D eigenvalue weighted by Gasteiger charge is 2.37. The van der Waals surface area contributed by atoms with Crippen LogP contribution in [0.4, 0.5) is 0 Å². The van der Waals surface area contributed by atoms with E-state index in [1.807, 2.05) is 24.4 Å². The summed E-state index contributed by atoms with van der Waals surface area (Å²) in [6.45, 7) is 11.2.